The van der Waals surface area contributed by atoms with Crippen molar-refractivity contribution in [3.05, 3.63) is 35.9 Å². The summed E-state index contributed by atoms with van der Waals surface area (Å²) < 4.78 is 0. The summed E-state index contributed by atoms with van der Waals surface area (Å²) in [6.45, 7) is 4.27. The zero-order chi connectivity index (χ0) is 11.1. The molecule has 0 aliphatic rings. The highest BCUT2D eigenvalue weighted by molar-refractivity contribution is 5.31. The van der Waals surface area contributed by atoms with Crippen molar-refractivity contribution >= 4 is 0 Å². The Morgan fingerprint density at radius 2 is 1.87 bits per heavy atom. The molecule has 1 aromatic carbocycles. The summed E-state index contributed by atoms with van der Waals surface area (Å²) in [6.07, 6.45) is 4.14. The van der Waals surface area contributed by atoms with Crippen molar-refractivity contribution in [3.63, 3.8) is 0 Å². The van der Waals surface area contributed by atoms with Crippen molar-refractivity contribution in [3.8, 4) is 6.07 Å². The molecular formula is C14H19N. The van der Waals surface area contributed by atoms with Gasteiger partial charge in [-0.1, -0.05) is 57.0 Å². The Bertz CT molecular complexity index is 323. The first-order chi connectivity index (χ1) is 7.29. The normalized spacial score (nSPS) is 14.2. The van der Waals surface area contributed by atoms with Crippen LogP contribution in [-0.4, -0.2) is 0 Å². The number of unbranched alkanes of at least 4 members (excludes halogenated alkanes) is 1. The van der Waals surface area contributed by atoms with E-state index in [-0.39, 0.29) is 5.41 Å². The van der Waals surface area contributed by atoms with Gasteiger partial charge in [0.2, 0.25) is 0 Å². The predicted molar refractivity (Wildman–Crippen MR) is 63.5 cm³/mol. The maximum atomic E-state index is 9.41. The quantitative estimate of drug-likeness (QED) is 0.705. The standard InChI is InChI=1S/C14H19N/c1-3-5-11-14(4-2,12-15)13-9-7-6-8-10-13/h6-10H,3-5,11H2,1-2H3. The Kier molecular flexibility index (Phi) is 4.37. The molecule has 1 atom stereocenters. The lowest BCUT2D eigenvalue weighted by Gasteiger charge is -2.25. The summed E-state index contributed by atoms with van der Waals surface area (Å²) >= 11 is 0. The van der Waals surface area contributed by atoms with Gasteiger partial charge in [0.15, 0.2) is 0 Å². The van der Waals surface area contributed by atoms with E-state index in [9.17, 15) is 5.26 Å². The van der Waals surface area contributed by atoms with Crippen LogP contribution in [0.5, 0.6) is 0 Å². The van der Waals surface area contributed by atoms with Crippen LogP contribution >= 0.6 is 0 Å². The Morgan fingerprint density at radius 1 is 1.20 bits per heavy atom. The van der Waals surface area contributed by atoms with Gasteiger partial charge in [0.25, 0.3) is 0 Å². The minimum Gasteiger partial charge on any atom is -0.197 e. The molecule has 0 aliphatic heterocycles. The lowest BCUT2D eigenvalue weighted by molar-refractivity contribution is 0.465. The largest absolute Gasteiger partial charge is 0.197 e. The van der Waals surface area contributed by atoms with Gasteiger partial charge in [-0.2, -0.15) is 5.26 Å². The van der Waals surface area contributed by atoms with Crippen molar-refractivity contribution in [2.75, 3.05) is 0 Å². The molecule has 0 saturated heterocycles. The van der Waals surface area contributed by atoms with Gasteiger partial charge >= 0.3 is 0 Å². The topological polar surface area (TPSA) is 23.8 Å². The summed E-state index contributed by atoms with van der Waals surface area (Å²) in [6, 6.07) is 12.7. The molecule has 1 aromatic rings. The molecular weight excluding hydrogens is 182 g/mol. The van der Waals surface area contributed by atoms with Crippen molar-refractivity contribution < 1.29 is 0 Å². The molecule has 1 nitrogen and oxygen atoms in total. The molecule has 0 saturated carbocycles. The number of benzene rings is 1. The average molecular weight is 201 g/mol. The molecule has 0 radical (unpaired) electrons. The van der Waals surface area contributed by atoms with Crippen LogP contribution in [0.4, 0.5) is 0 Å². The highest BCUT2D eigenvalue weighted by Crippen LogP contribution is 2.32. The fourth-order valence-corrected chi connectivity index (χ4v) is 1.96. The van der Waals surface area contributed by atoms with E-state index in [1.807, 2.05) is 18.2 Å². The number of hydrogen-bond donors (Lipinski definition) is 0. The fraction of sp³-hybridized carbons (Fsp3) is 0.500. The van der Waals surface area contributed by atoms with Gasteiger partial charge in [-0.25, -0.2) is 0 Å². The minimum absolute atomic E-state index is 0.267. The van der Waals surface area contributed by atoms with E-state index in [4.69, 9.17) is 0 Å². The Balaban J connectivity index is 2.96. The number of hydrogen-bond acceptors (Lipinski definition) is 1. The summed E-state index contributed by atoms with van der Waals surface area (Å²) in [7, 11) is 0. The van der Waals surface area contributed by atoms with E-state index < -0.39 is 0 Å². The fourth-order valence-electron chi connectivity index (χ4n) is 1.96. The molecule has 0 aliphatic carbocycles. The van der Waals surface area contributed by atoms with E-state index in [0.717, 1.165) is 25.7 Å². The Labute approximate surface area is 92.7 Å². The SMILES string of the molecule is CCCCC(C#N)(CC)c1ccccc1. The van der Waals surface area contributed by atoms with Crippen LogP contribution in [0.3, 0.4) is 0 Å². The van der Waals surface area contributed by atoms with E-state index in [1.165, 1.54) is 5.56 Å². The maximum absolute atomic E-state index is 9.41. The molecule has 0 heterocycles. The first-order valence-corrected chi connectivity index (χ1v) is 5.76. The van der Waals surface area contributed by atoms with Crippen molar-refractivity contribution in [1.82, 2.24) is 0 Å². The molecule has 0 N–H and O–H groups in total. The third-order valence-electron chi connectivity index (χ3n) is 3.10. The van der Waals surface area contributed by atoms with Crippen LogP contribution < -0.4 is 0 Å². The third-order valence-corrected chi connectivity index (χ3v) is 3.10. The van der Waals surface area contributed by atoms with E-state index >= 15 is 0 Å². The zero-order valence-electron chi connectivity index (χ0n) is 9.66. The smallest absolute Gasteiger partial charge is 0.0819 e. The van der Waals surface area contributed by atoms with E-state index in [0.29, 0.717) is 0 Å². The Hall–Kier alpha value is -1.29. The first kappa shape index (κ1) is 11.8. The molecule has 0 amide bonds. The minimum atomic E-state index is -0.267. The monoisotopic (exact) mass is 201 g/mol. The van der Waals surface area contributed by atoms with Crippen LogP contribution in [0.25, 0.3) is 0 Å². The summed E-state index contributed by atoms with van der Waals surface area (Å²) in [5, 5.41) is 9.41. The van der Waals surface area contributed by atoms with Crippen LogP contribution in [-0.2, 0) is 5.41 Å². The molecule has 80 valence electrons. The van der Waals surface area contributed by atoms with E-state index in [1.54, 1.807) is 0 Å². The first-order valence-electron chi connectivity index (χ1n) is 5.76. The maximum Gasteiger partial charge on any atom is 0.0819 e. The molecule has 0 fully saturated rings. The summed E-state index contributed by atoms with van der Waals surface area (Å²) in [5.41, 5.74) is 0.903. The van der Waals surface area contributed by atoms with Crippen molar-refractivity contribution in [2.24, 2.45) is 0 Å². The molecule has 1 unspecified atom stereocenters. The molecule has 15 heavy (non-hydrogen) atoms. The van der Waals surface area contributed by atoms with Crippen LogP contribution in [0.15, 0.2) is 30.3 Å². The molecule has 0 aromatic heterocycles. The molecule has 0 bridgehead atoms. The van der Waals surface area contributed by atoms with Gasteiger partial charge in [0.05, 0.1) is 11.5 Å². The second-order valence-corrected chi connectivity index (χ2v) is 4.02. The number of nitrogens with zero attached hydrogens (tertiary/aromatic N) is 1. The van der Waals surface area contributed by atoms with E-state index in [2.05, 4.69) is 32.0 Å². The van der Waals surface area contributed by atoms with Gasteiger partial charge in [0.1, 0.15) is 0 Å². The number of nitriles is 1. The highest BCUT2D eigenvalue weighted by Gasteiger charge is 2.29. The van der Waals surface area contributed by atoms with Crippen LogP contribution in [0.1, 0.15) is 45.1 Å². The highest BCUT2D eigenvalue weighted by atomic mass is 14.4. The van der Waals surface area contributed by atoms with Gasteiger partial charge in [-0.05, 0) is 18.4 Å². The lowest BCUT2D eigenvalue weighted by Crippen LogP contribution is -2.22. The number of rotatable bonds is 5. The van der Waals surface area contributed by atoms with Gasteiger partial charge < -0.3 is 0 Å². The molecule has 0 spiro atoms. The van der Waals surface area contributed by atoms with Crippen LogP contribution in [0.2, 0.25) is 0 Å². The van der Waals surface area contributed by atoms with Crippen molar-refractivity contribution in [1.29, 1.82) is 5.26 Å². The van der Waals surface area contributed by atoms with Crippen molar-refractivity contribution in [2.45, 2.75) is 44.9 Å². The summed E-state index contributed by atoms with van der Waals surface area (Å²) in [4.78, 5) is 0. The summed E-state index contributed by atoms with van der Waals surface area (Å²) in [5.74, 6) is 0. The Morgan fingerprint density at radius 3 is 2.33 bits per heavy atom. The van der Waals surface area contributed by atoms with Crippen LogP contribution in [0, 0.1) is 11.3 Å². The molecule has 1 rings (SSSR count). The lowest BCUT2D eigenvalue weighted by atomic mass is 9.75. The zero-order valence-corrected chi connectivity index (χ0v) is 9.66. The second-order valence-electron chi connectivity index (χ2n) is 4.02. The second kappa shape index (κ2) is 5.56. The van der Waals surface area contributed by atoms with Gasteiger partial charge in [-0.3, -0.25) is 0 Å². The molecule has 1 heteroatoms. The predicted octanol–water partition coefficient (Wildman–Crippen LogP) is 4.05. The third kappa shape index (κ3) is 2.59. The van der Waals surface area contributed by atoms with Gasteiger partial charge in [0, 0.05) is 0 Å². The van der Waals surface area contributed by atoms with Gasteiger partial charge in [-0.15, -0.1) is 0 Å². The average Bonchev–Trinajstić information content (AvgIpc) is 2.33.